The average Bonchev–Trinajstić information content (AvgIpc) is 3.28. The highest BCUT2D eigenvalue weighted by molar-refractivity contribution is 6.05. The zero-order valence-corrected chi connectivity index (χ0v) is 17.1. The van der Waals surface area contributed by atoms with Gasteiger partial charge in [-0.1, -0.05) is 6.92 Å². The van der Waals surface area contributed by atoms with Gasteiger partial charge in [0.05, 0.1) is 29.2 Å². The Morgan fingerprint density at radius 1 is 1.30 bits per heavy atom. The molecule has 0 radical (unpaired) electrons. The van der Waals surface area contributed by atoms with Gasteiger partial charge < -0.3 is 9.47 Å². The van der Waals surface area contributed by atoms with Crippen molar-refractivity contribution in [2.45, 2.75) is 45.6 Å². The fourth-order valence-electron chi connectivity index (χ4n) is 5.52. The van der Waals surface area contributed by atoms with Crippen LogP contribution < -0.4 is 4.90 Å². The number of imidazole rings is 1. The van der Waals surface area contributed by atoms with Crippen molar-refractivity contribution in [3.8, 4) is 17.3 Å². The molecule has 1 saturated carbocycles. The summed E-state index contributed by atoms with van der Waals surface area (Å²) in [6.45, 7) is 3.61. The second-order valence-electron chi connectivity index (χ2n) is 9.02. The monoisotopic (exact) mass is 400 g/mol. The smallest absolute Gasteiger partial charge is 0.248 e. The summed E-state index contributed by atoms with van der Waals surface area (Å²) in [6.07, 6.45) is 11.0. The largest absolute Gasteiger partial charge is 0.328 e. The first kappa shape index (κ1) is 17.7. The van der Waals surface area contributed by atoms with E-state index in [-0.39, 0.29) is 17.7 Å². The molecule has 5 heterocycles. The number of rotatable bonds is 3. The normalized spacial score (nSPS) is 26.2. The van der Waals surface area contributed by atoms with E-state index in [2.05, 4.69) is 26.8 Å². The number of anilines is 1. The minimum Gasteiger partial charge on any atom is -0.328 e. The molecule has 30 heavy (non-hydrogen) atoms. The number of fused-ring (bicyclic) bond motifs is 2. The summed E-state index contributed by atoms with van der Waals surface area (Å²) in [5, 5.41) is 14.5. The van der Waals surface area contributed by atoms with Gasteiger partial charge in [0.15, 0.2) is 0 Å². The molecule has 3 aromatic rings. The summed E-state index contributed by atoms with van der Waals surface area (Å²) >= 11 is 0. The van der Waals surface area contributed by atoms with Crippen LogP contribution in [0.5, 0.6) is 0 Å². The van der Waals surface area contributed by atoms with Gasteiger partial charge in [-0.05, 0) is 43.7 Å². The van der Waals surface area contributed by atoms with Gasteiger partial charge in [0.25, 0.3) is 0 Å². The van der Waals surface area contributed by atoms with Crippen molar-refractivity contribution < 1.29 is 4.79 Å². The van der Waals surface area contributed by atoms with Crippen LogP contribution in [0.25, 0.3) is 16.8 Å². The number of aromatic nitrogens is 4. The number of hydrogen-bond acceptors (Lipinski definition) is 4. The van der Waals surface area contributed by atoms with Crippen molar-refractivity contribution in [3.63, 3.8) is 0 Å². The zero-order chi connectivity index (χ0) is 20.5. The van der Waals surface area contributed by atoms with E-state index in [0.29, 0.717) is 6.54 Å². The fraction of sp³-hybridized carbons (Fsp3) is 0.478. The van der Waals surface area contributed by atoms with Crippen LogP contribution in [0.15, 0.2) is 30.7 Å². The van der Waals surface area contributed by atoms with Gasteiger partial charge >= 0.3 is 0 Å². The van der Waals surface area contributed by atoms with E-state index in [1.54, 1.807) is 6.20 Å². The third-order valence-electron chi connectivity index (χ3n) is 7.28. The maximum absolute atomic E-state index is 13.5. The molecule has 7 nitrogen and oxygen atoms in total. The van der Waals surface area contributed by atoms with Gasteiger partial charge in [0.2, 0.25) is 5.91 Å². The molecule has 3 aromatic heterocycles. The van der Waals surface area contributed by atoms with Crippen LogP contribution in [-0.2, 0) is 17.8 Å². The van der Waals surface area contributed by atoms with Gasteiger partial charge in [-0.3, -0.25) is 4.79 Å². The van der Waals surface area contributed by atoms with Crippen molar-refractivity contribution in [1.82, 2.24) is 19.2 Å². The number of nitriles is 1. The third kappa shape index (κ3) is 2.28. The van der Waals surface area contributed by atoms with Crippen molar-refractivity contribution in [3.05, 3.63) is 36.5 Å². The van der Waals surface area contributed by atoms with E-state index in [4.69, 9.17) is 0 Å². The van der Waals surface area contributed by atoms with Gasteiger partial charge in [0.1, 0.15) is 11.2 Å². The molecule has 0 unspecified atom stereocenters. The molecule has 0 spiro atoms. The van der Waals surface area contributed by atoms with Gasteiger partial charge in [-0.2, -0.15) is 10.4 Å². The first-order chi connectivity index (χ1) is 14.6. The Morgan fingerprint density at radius 2 is 2.17 bits per heavy atom. The van der Waals surface area contributed by atoms with E-state index in [0.717, 1.165) is 54.1 Å². The standard InChI is InChI=1S/C23H24N6O/c1-15-12-28(22(30)23(15,14-24)17-5-6-17)18-7-8-26-29-13-16(10-19(18)29)20-11-25-21-4-2-3-9-27(20)21/h7-8,10-11,13,15,17H,2-6,9,12H2,1H3/t15-,23+/m1/s1. The van der Waals surface area contributed by atoms with E-state index in [9.17, 15) is 10.1 Å². The molecule has 2 fully saturated rings. The van der Waals surface area contributed by atoms with E-state index in [1.165, 1.54) is 12.8 Å². The Balaban J connectivity index is 1.44. The van der Waals surface area contributed by atoms with E-state index in [1.807, 2.05) is 34.8 Å². The van der Waals surface area contributed by atoms with E-state index < -0.39 is 5.41 Å². The minimum absolute atomic E-state index is 0.0204. The first-order valence-corrected chi connectivity index (χ1v) is 10.9. The lowest BCUT2D eigenvalue weighted by Gasteiger charge is -2.23. The lowest BCUT2D eigenvalue weighted by Crippen LogP contribution is -2.37. The molecule has 7 heteroatoms. The second kappa shape index (κ2) is 6.18. The molecule has 2 aliphatic heterocycles. The highest BCUT2D eigenvalue weighted by Gasteiger charge is 2.61. The molecule has 1 aliphatic carbocycles. The topological polar surface area (TPSA) is 79.2 Å². The number of hydrogen-bond donors (Lipinski definition) is 0. The zero-order valence-electron chi connectivity index (χ0n) is 17.1. The Labute approximate surface area is 174 Å². The Morgan fingerprint density at radius 3 is 2.97 bits per heavy atom. The molecular formula is C23H24N6O. The van der Waals surface area contributed by atoms with Crippen LogP contribution in [-0.4, -0.2) is 31.6 Å². The lowest BCUT2D eigenvalue weighted by molar-refractivity contribution is -0.124. The molecule has 152 valence electrons. The minimum atomic E-state index is -0.875. The highest BCUT2D eigenvalue weighted by Crippen LogP contribution is 2.54. The first-order valence-electron chi connectivity index (χ1n) is 10.9. The molecule has 0 bridgehead atoms. The van der Waals surface area contributed by atoms with Crippen molar-refractivity contribution in [2.75, 3.05) is 11.4 Å². The SMILES string of the molecule is C[C@@H]1CN(c2ccnn3cc(-c4cnc5n4CCCC5)cc23)C(=O)[C@]1(C#N)C1CC1. The van der Waals surface area contributed by atoms with Crippen LogP contribution in [0.4, 0.5) is 5.69 Å². The maximum Gasteiger partial charge on any atom is 0.248 e. The molecule has 3 aliphatic rings. The fourth-order valence-corrected chi connectivity index (χ4v) is 5.52. The summed E-state index contributed by atoms with van der Waals surface area (Å²) in [6, 6.07) is 6.42. The highest BCUT2D eigenvalue weighted by atomic mass is 16.2. The summed E-state index contributed by atoms with van der Waals surface area (Å²) in [5.74, 6) is 1.32. The Bertz CT molecular complexity index is 1210. The molecular weight excluding hydrogens is 376 g/mol. The van der Waals surface area contributed by atoms with Crippen LogP contribution >= 0.6 is 0 Å². The quantitative estimate of drug-likeness (QED) is 0.675. The second-order valence-corrected chi connectivity index (χ2v) is 9.02. The summed E-state index contributed by atoms with van der Waals surface area (Å²) < 4.78 is 4.14. The summed E-state index contributed by atoms with van der Waals surface area (Å²) in [7, 11) is 0. The average molecular weight is 400 g/mol. The van der Waals surface area contributed by atoms with Gasteiger partial charge in [0, 0.05) is 43.4 Å². The number of carbonyl (C=O) groups is 1. The number of nitrogens with zero attached hydrogens (tertiary/aromatic N) is 6. The summed E-state index contributed by atoms with van der Waals surface area (Å²) in [4.78, 5) is 19.9. The molecule has 6 rings (SSSR count). The number of aryl methyl sites for hydroxylation is 1. The number of carbonyl (C=O) groups excluding carboxylic acids is 1. The predicted octanol–water partition coefficient (Wildman–Crippen LogP) is 3.44. The van der Waals surface area contributed by atoms with Gasteiger partial charge in [-0.25, -0.2) is 9.50 Å². The molecule has 1 amide bonds. The van der Waals surface area contributed by atoms with Crippen molar-refractivity contribution in [1.29, 1.82) is 5.26 Å². The summed E-state index contributed by atoms with van der Waals surface area (Å²) in [5.41, 5.74) is 3.02. The van der Waals surface area contributed by atoms with Crippen LogP contribution in [0.2, 0.25) is 0 Å². The van der Waals surface area contributed by atoms with Crippen molar-refractivity contribution in [2.24, 2.45) is 17.3 Å². The lowest BCUT2D eigenvalue weighted by atomic mass is 9.75. The Hall–Kier alpha value is -3.14. The molecule has 0 N–H and O–H groups in total. The molecule has 1 saturated heterocycles. The van der Waals surface area contributed by atoms with Gasteiger partial charge in [-0.15, -0.1) is 0 Å². The van der Waals surface area contributed by atoms with Crippen molar-refractivity contribution >= 4 is 17.1 Å². The number of amides is 1. The molecule has 2 atom stereocenters. The third-order valence-corrected chi connectivity index (χ3v) is 7.28. The maximum atomic E-state index is 13.5. The van der Waals surface area contributed by atoms with Crippen LogP contribution in [0, 0.1) is 28.6 Å². The predicted molar refractivity (Wildman–Crippen MR) is 112 cm³/mol. The van der Waals surface area contributed by atoms with Crippen LogP contribution in [0.1, 0.15) is 38.4 Å². The molecule has 0 aromatic carbocycles. The Kier molecular flexibility index (Phi) is 3.64. The van der Waals surface area contributed by atoms with E-state index >= 15 is 0 Å². The van der Waals surface area contributed by atoms with Crippen LogP contribution in [0.3, 0.4) is 0 Å².